The smallest absolute Gasteiger partial charge is 0.267 e. The molecule has 0 radical (unpaired) electrons. The zero-order chi connectivity index (χ0) is 19.1. The lowest BCUT2D eigenvalue weighted by Gasteiger charge is -2.15. The number of phenols is 1. The molecule has 1 atom stereocenters. The van der Waals surface area contributed by atoms with Gasteiger partial charge in [0, 0.05) is 17.6 Å². The second-order valence-corrected chi connectivity index (χ2v) is 6.16. The molecule has 2 rings (SSSR count). The predicted molar refractivity (Wildman–Crippen MR) is 104 cm³/mol. The number of aromatic hydroxyl groups is 1. The highest BCUT2D eigenvalue weighted by molar-refractivity contribution is 6.07. The van der Waals surface area contributed by atoms with E-state index in [2.05, 4.69) is 24.5 Å². The fraction of sp³-hybridized carbons (Fsp3) is 0.238. The van der Waals surface area contributed by atoms with Crippen LogP contribution in [-0.2, 0) is 4.79 Å². The van der Waals surface area contributed by atoms with E-state index in [-0.39, 0.29) is 11.3 Å². The Morgan fingerprint density at radius 3 is 2.65 bits per heavy atom. The molecule has 5 nitrogen and oxygen atoms in total. The van der Waals surface area contributed by atoms with Crippen LogP contribution in [0, 0.1) is 18.3 Å². The first-order valence-electron chi connectivity index (χ1n) is 8.53. The molecule has 26 heavy (non-hydrogen) atoms. The normalized spacial score (nSPS) is 12.2. The molecule has 1 unspecified atom stereocenters. The Bertz CT molecular complexity index is 866. The van der Waals surface area contributed by atoms with Crippen LogP contribution in [0.4, 0.5) is 11.4 Å². The van der Waals surface area contributed by atoms with E-state index in [4.69, 9.17) is 0 Å². The van der Waals surface area contributed by atoms with Gasteiger partial charge >= 0.3 is 0 Å². The number of hydrogen-bond acceptors (Lipinski definition) is 4. The number of aryl methyl sites for hydroxylation is 1. The van der Waals surface area contributed by atoms with Crippen molar-refractivity contribution in [2.75, 3.05) is 10.6 Å². The number of carbonyl (C=O) groups is 1. The molecular weight excluding hydrogens is 326 g/mol. The molecule has 0 aliphatic heterocycles. The monoisotopic (exact) mass is 349 g/mol. The molecule has 0 aromatic heterocycles. The van der Waals surface area contributed by atoms with E-state index in [1.165, 1.54) is 12.3 Å². The van der Waals surface area contributed by atoms with Crippen molar-refractivity contribution in [3.8, 4) is 11.8 Å². The van der Waals surface area contributed by atoms with E-state index in [0.29, 0.717) is 17.2 Å². The summed E-state index contributed by atoms with van der Waals surface area (Å²) in [7, 11) is 0. The largest absolute Gasteiger partial charge is 0.508 e. The van der Waals surface area contributed by atoms with Gasteiger partial charge in [-0.05, 0) is 54.7 Å². The van der Waals surface area contributed by atoms with Gasteiger partial charge in [0.05, 0.1) is 0 Å². The molecule has 2 aromatic rings. The van der Waals surface area contributed by atoms with Gasteiger partial charge < -0.3 is 15.7 Å². The molecule has 134 valence electrons. The van der Waals surface area contributed by atoms with Crippen molar-refractivity contribution >= 4 is 17.3 Å². The van der Waals surface area contributed by atoms with E-state index in [1.54, 1.807) is 19.1 Å². The van der Waals surface area contributed by atoms with Gasteiger partial charge in [-0.15, -0.1) is 0 Å². The van der Waals surface area contributed by atoms with Crippen LogP contribution in [-0.4, -0.2) is 11.0 Å². The van der Waals surface area contributed by atoms with Gasteiger partial charge in [-0.1, -0.05) is 32.0 Å². The second-order valence-electron chi connectivity index (χ2n) is 6.16. The van der Waals surface area contributed by atoms with Crippen molar-refractivity contribution in [1.29, 1.82) is 5.26 Å². The minimum Gasteiger partial charge on any atom is -0.508 e. The van der Waals surface area contributed by atoms with Crippen LogP contribution in [0.5, 0.6) is 5.75 Å². The van der Waals surface area contributed by atoms with E-state index in [0.717, 1.165) is 17.7 Å². The molecule has 2 aromatic carbocycles. The second kappa shape index (κ2) is 8.72. The first kappa shape index (κ1) is 19.1. The van der Waals surface area contributed by atoms with Crippen molar-refractivity contribution in [3.63, 3.8) is 0 Å². The van der Waals surface area contributed by atoms with Crippen molar-refractivity contribution < 1.29 is 9.90 Å². The summed E-state index contributed by atoms with van der Waals surface area (Å²) >= 11 is 0. The molecule has 0 saturated heterocycles. The highest BCUT2D eigenvalue weighted by Gasteiger charge is 2.12. The van der Waals surface area contributed by atoms with Crippen molar-refractivity contribution in [1.82, 2.24) is 0 Å². The number of carbonyl (C=O) groups excluding carboxylic acids is 1. The average Bonchev–Trinajstić information content (AvgIpc) is 2.64. The minimum atomic E-state index is -0.505. The number of hydrogen-bond donors (Lipinski definition) is 3. The lowest BCUT2D eigenvalue weighted by atomic mass is 9.97. The number of phenolic OH excluding ortho intramolecular Hbond substituents is 1. The molecular formula is C21H23N3O2. The van der Waals surface area contributed by atoms with Gasteiger partial charge in [0.1, 0.15) is 17.4 Å². The third-order valence-electron chi connectivity index (χ3n) is 4.30. The number of nitrogens with one attached hydrogen (secondary N) is 2. The van der Waals surface area contributed by atoms with E-state index in [1.807, 2.05) is 30.3 Å². The molecule has 0 aliphatic rings. The first-order valence-corrected chi connectivity index (χ1v) is 8.53. The van der Waals surface area contributed by atoms with Crippen LogP contribution in [0.1, 0.15) is 37.3 Å². The van der Waals surface area contributed by atoms with Gasteiger partial charge in [0.15, 0.2) is 0 Å². The molecule has 0 aliphatic carbocycles. The van der Waals surface area contributed by atoms with Crippen LogP contribution >= 0.6 is 0 Å². The summed E-state index contributed by atoms with van der Waals surface area (Å²) in [5.41, 5.74) is 3.25. The van der Waals surface area contributed by atoms with Crippen molar-refractivity contribution in [3.05, 3.63) is 65.4 Å². The maximum absolute atomic E-state index is 12.4. The SMILES string of the molecule is CCC(C)c1ccccc1N/C=C(/C#N)C(=O)Nc1ccc(O)cc1C. The molecule has 5 heteroatoms. The highest BCUT2D eigenvalue weighted by atomic mass is 16.3. The van der Waals surface area contributed by atoms with Gasteiger partial charge in [-0.25, -0.2) is 0 Å². The third kappa shape index (κ3) is 4.64. The summed E-state index contributed by atoms with van der Waals surface area (Å²) in [5, 5.41) is 24.6. The number of rotatable bonds is 6. The van der Waals surface area contributed by atoms with Crippen LogP contribution < -0.4 is 10.6 Å². The van der Waals surface area contributed by atoms with Crippen LogP contribution in [0.2, 0.25) is 0 Å². The van der Waals surface area contributed by atoms with Crippen molar-refractivity contribution in [2.24, 2.45) is 0 Å². The van der Waals surface area contributed by atoms with Gasteiger partial charge in [0.25, 0.3) is 5.91 Å². The topological polar surface area (TPSA) is 85.2 Å². The average molecular weight is 349 g/mol. The Morgan fingerprint density at radius 1 is 1.27 bits per heavy atom. The molecule has 0 bridgehead atoms. The molecule has 1 amide bonds. The van der Waals surface area contributed by atoms with Crippen LogP contribution in [0.15, 0.2) is 54.2 Å². The lowest BCUT2D eigenvalue weighted by Crippen LogP contribution is -2.15. The number of benzene rings is 2. The number of para-hydroxylation sites is 1. The summed E-state index contributed by atoms with van der Waals surface area (Å²) in [6.07, 6.45) is 2.42. The fourth-order valence-electron chi connectivity index (χ4n) is 2.55. The number of nitrogens with zero attached hydrogens (tertiary/aromatic N) is 1. The Kier molecular flexibility index (Phi) is 6.40. The molecule has 0 heterocycles. The zero-order valence-electron chi connectivity index (χ0n) is 15.2. The Labute approximate surface area is 154 Å². The van der Waals surface area contributed by atoms with E-state index in [9.17, 15) is 15.2 Å². The molecule has 3 N–H and O–H groups in total. The summed E-state index contributed by atoms with van der Waals surface area (Å²) in [5.74, 6) is -0.0132. The molecule has 0 fully saturated rings. The van der Waals surface area contributed by atoms with Gasteiger partial charge in [-0.3, -0.25) is 4.79 Å². The maximum Gasteiger partial charge on any atom is 0.267 e. The quantitative estimate of drug-likeness (QED) is 0.402. The zero-order valence-corrected chi connectivity index (χ0v) is 15.2. The molecule has 0 spiro atoms. The summed E-state index contributed by atoms with van der Waals surface area (Å²) in [6, 6.07) is 14.4. The Hall–Kier alpha value is -3.26. The Balaban J connectivity index is 2.18. The summed E-state index contributed by atoms with van der Waals surface area (Å²) in [6.45, 7) is 6.02. The van der Waals surface area contributed by atoms with Gasteiger partial charge in [-0.2, -0.15) is 5.26 Å². The third-order valence-corrected chi connectivity index (χ3v) is 4.30. The molecule has 0 saturated carbocycles. The number of nitriles is 1. The maximum atomic E-state index is 12.4. The summed E-state index contributed by atoms with van der Waals surface area (Å²) < 4.78 is 0. The van der Waals surface area contributed by atoms with Crippen LogP contribution in [0.25, 0.3) is 0 Å². The summed E-state index contributed by atoms with van der Waals surface area (Å²) in [4.78, 5) is 12.4. The van der Waals surface area contributed by atoms with E-state index >= 15 is 0 Å². The van der Waals surface area contributed by atoms with Gasteiger partial charge in [0.2, 0.25) is 0 Å². The standard InChI is InChI=1S/C21H23N3O2/c1-4-14(2)18-7-5-6-8-20(18)23-13-16(12-22)21(26)24-19-10-9-17(25)11-15(19)3/h5-11,13-14,23,25H,4H2,1-3H3,(H,24,26)/b16-13-. The highest BCUT2D eigenvalue weighted by Crippen LogP contribution is 2.26. The number of amides is 1. The van der Waals surface area contributed by atoms with E-state index < -0.39 is 5.91 Å². The predicted octanol–water partition coefficient (Wildman–Crippen LogP) is 4.67. The first-order chi connectivity index (χ1) is 12.5. The fourth-order valence-corrected chi connectivity index (χ4v) is 2.55. The number of anilines is 2. The lowest BCUT2D eigenvalue weighted by molar-refractivity contribution is -0.112. The Morgan fingerprint density at radius 2 is 2.00 bits per heavy atom. The van der Waals surface area contributed by atoms with Crippen LogP contribution in [0.3, 0.4) is 0 Å². The van der Waals surface area contributed by atoms with Crippen molar-refractivity contribution in [2.45, 2.75) is 33.1 Å². The minimum absolute atomic E-state index is 0.0311.